The van der Waals surface area contributed by atoms with Gasteiger partial charge in [0.25, 0.3) is 10.0 Å². The summed E-state index contributed by atoms with van der Waals surface area (Å²) in [6, 6.07) is 7.40. The molecule has 0 aliphatic rings. The van der Waals surface area contributed by atoms with Gasteiger partial charge in [0.05, 0.1) is 10.7 Å². The second-order valence-corrected chi connectivity index (χ2v) is 6.45. The van der Waals surface area contributed by atoms with E-state index in [0.717, 1.165) is 12.1 Å². The molecule has 2 aromatic rings. The molecule has 4 nitrogen and oxygen atoms in total. The standard InChI is InChI=1S/C12H9Cl2FN2O2S/c13-7-3-8(15)5-10(4-7)17-20(18,19)12-6-9(16)1-2-11(12)14/h1-6,17H,16H2. The van der Waals surface area contributed by atoms with Crippen LogP contribution in [-0.4, -0.2) is 8.42 Å². The SMILES string of the molecule is Nc1ccc(Cl)c(S(=O)(=O)Nc2cc(F)cc(Cl)c2)c1. The Morgan fingerprint density at radius 3 is 2.45 bits per heavy atom. The molecule has 0 unspecified atom stereocenters. The maximum atomic E-state index is 13.2. The summed E-state index contributed by atoms with van der Waals surface area (Å²) in [5, 5.41) is 0.0792. The van der Waals surface area contributed by atoms with Crippen molar-refractivity contribution in [2.45, 2.75) is 4.90 Å². The molecule has 0 bridgehead atoms. The highest BCUT2D eigenvalue weighted by atomic mass is 35.5. The van der Waals surface area contributed by atoms with E-state index in [-0.39, 0.29) is 26.3 Å². The molecule has 0 radical (unpaired) electrons. The molecule has 0 spiro atoms. The van der Waals surface area contributed by atoms with Crippen LogP contribution < -0.4 is 10.5 Å². The number of nitrogens with one attached hydrogen (secondary N) is 1. The summed E-state index contributed by atoms with van der Waals surface area (Å²) >= 11 is 11.5. The summed E-state index contributed by atoms with van der Waals surface area (Å²) in [5.41, 5.74) is 5.77. The van der Waals surface area contributed by atoms with Crippen molar-refractivity contribution in [3.05, 3.63) is 52.3 Å². The summed E-state index contributed by atoms with van der Waals surface area (Å²) in [4.78, 5) is -0.195. The molecule has 0 aliphatic heterocycles. The molecule has 0 amide bonds. The van der Waals surface area contributed by atoms with Crippen LogP contribution in [-0.2, 0) is 10.0 Å². The van der Waals surface area contributed by atoms with Crippen molar-refractivity contribution < 1.29 is 12.8 Å². The maximum Gasteiger partial charge on any atom is 0.263 e. The van der Waals surface area contributed by atoms with Gasteiger partial charge in [-0.1, -0.05) is 23.2 Å². The fourth-order valence-electron chi connectivity index (χ4n) is 1.55. The predicted octanol–water partition coefficient (Wildman–Crippen LogP) is 3.52. The maximum absolute atomic E-state index is 13.2. The molecule has 0 fully saturated rings. The van der Waals surface area contributed by atoms with E-state index in [9.17, 15) is 12.8 Å². The number of benzene rings is 2. The van der Waals surface area contributed by atoms with E-state index in [4.69, 9.17) is 28.9 Å². The number of anilines is 2. The van der Waals surface area contributed by atoms with Crippen LogP contribution in [0.15, 0.2) is 41.3 Å². The van der Waals surface area contributed by atoms with Crippen LogP contribution >= 0.6 is 23.2 Å². The molecule has 0 heterocycles. The Morgan fingerprint density at radius 1 is 1.10 bits per heavy atom. The quantitative estimate of drug-likeness (QED) is 0.843. The highest BCUT2D eigenvalue weighted by Gasteiger charge is 2.19. The highest BCUT2D eigenvalue weighted by molar-refractivity contribution is 7.92. The van der Waals surface area contributed by atoms with Gasteiger partial charge in [-0.2, -0.15) is 0 Å². The molecule has 0 aromatic heterocycles. The van der Waals surface area contributed by atoms with E-state index in [1.807, 2.05) is 0 Å². The lowest BCUT2D eigenvalue weighted by Crippen LogP contribution is -2.14. The van der Waals surface area contributed by atoms with Gasteiger partial charge in [0, 0.05) is 10.7 Å². The molecular formula is C12H9Cl2FN2O2S. The van der Waals surface area contributed by atoms with Crippen LogP contribution in [0.1, 0.15) is 0 Å². The normalized spacial score (nSPS) is 11.3. The van der Waals surface area contributed by atoms with Crippen molar-refractivity contribution in [1.29, 1.82) is 0 Å². The molecule has 8 heteroatoms. The lowest BCUT2D eigenvalue weighted by Gasteiger charge is -2.10. The largest absolute Gasteiger partial charge is 0.399 e. The van der Waals surface area contributed by atoms with Crippen LogP contribution in [0.5, 0.6) is 0 Å². The van der Waals surface area contributed by atoms with E-state index in [1.165, 1.54) is 24.3 Å². The summed E-state index contributed by atoms with van der Waals surface area (Å²) in [6.07, 6.45) is 0. The Labute approximate surface area is 125 Å². The summed E-state index contributed by atoms with van der Waals surface area (Å²) in [7, 11) is -3.99. The molecule has 0 atom stereocenters. The molecule has 3 N–H and O–H groups in total. The fraction of sp³-hybridized carbons (Fsp3) is 0. The van der Waals surface area contributed by atoms with Crippen LogP contribution in [0.2, 0.25) is 10.0 Å². The average Bonchev–Trinajstić information content (AvgIpc) is 2.30. The monoisotopic (exact) mass is 334 g/mol. The molecule has 0 saturated carbocycles. The van der Waals surface area contributed by atoms with Crippen molar-refractivity contribution in [2.24, 2.45) is 0 Å². The van der Waals surface area contributed by atoms with Crippen molar-refractivity contribution in [3.63, 3.8) is 0 Å². The van der Waals surface area contributed by atoms with Gasteiger partial charge >= 0.3 is 0 Å². The molecule has 0 aliphatic carbocycles. The number of sulfonamides is 1. The van der Waals surface area contributed by atoms with E-state index >= 15 is 0 Å². The van der Waals surface area contributed by atoms with Gasteiger partial charge in [-0.15, -0.1) is 0 Å². The first-order valence-corrected chi connectivity index (χ1v) is 7.56. The van der Waals surface area contributed by atoms with E-state index in [0.29, 0.717) is 0 Å². The summed E-state index contributed by atoms with van der Waals surface area (Å²) < 4.78 is 39.7. The minimum atomic E-state index is -3.99. The first-order valence-electron chi connectivity index (χ1n) is 5.32. The zero-order valence-corrected chi connectivity index (χ0v) is 12.2. The molecule has 0 saturated heterocycles. The number of nitrogens with two attached hydrogens (primary N) is 1. The summed E-state index contributed by atoms with van der Waals surface area (Å²) in [6.45, 7) is 0. The zero-order valence-electron chi connectivity index (χ0n) is 9.90. The topological polar surface area (TPSA) is 72.2 Å². The number of nitrogen functional groups attached to an aromatic ring is 1. The second kappa shape index (κ2) is 5.47. The van der Waals surface area contributed by atoms with Gasteiger partial charge in [-0.05, 0) is 36.4 Å². The first-order chi connectivity index (χ1) is 9.28. The first kappa shape index (κ1) is 14.9. The number of rotatable bonds is 3. The third kappa shape index (κ3) is 3.33. The van der Waals surface area contributed by atoms with Crippen LogP contribution in [0, 0.1) is 5.82 Å². The molecule has 2 aromatic carbocycles. The van der Waals surface area contributed by atoms with Gasteiger partial charge in [0.15, 0.2) is 0 Å². The predicted molar refractivity (Wildman–Crippen MR) is 78.1 cm³/mol. The second-order valence-electron chi connectivity index (χ2n) is 3.95. The Hall–Kier alpha value is -1.50. The van der Waals surface area contributed by atoms with Gasteiger partial charge in [0.2, 0.25) is 0 Å². The van der Waals surface area contributed by atoms with Crippen molar-refractivity contribution in [1.82, 2.24) is 0 Å². The Kier molecular flexibility index (Phi) is 4.08. The van der Waals surface area contributed by atoms with E-state index in [1.54, 1.807) is 0 Å². The molecule has 20 heavy (non-hydrogen) atoms. The third-order valence-electron chi connectivity index (χ3n) is 2.36. The van der Waals surface area contributed by atoms with Crippen molar-refractivity contribution >= 4 is 44.6 Å². The van der Waals surface area contributed by atoms with Crippen molar-refractivity contribution in [2.75, 3.05) is 10.5 Å². The Morgan fingerprint density at radius 2 is 1.80 bits per heavy atom. The average molecular weight is 335 g/mol. The molecule has 106 valence electrons. The fourth-order valence-corrected chi connectivity index (χ4v) is 3.35. The summed E-state index contributed by atoms with van der Waals surface area (Å²) in [5.74, 6) is -0.658. The van der Waals surface area contributed by atoms with Crippen molar-refractivity contribution in [3.8, 4) is 0 Å². The zero-order chi connectivity index (χ0) is 14.9. The highest BCUT2D eigenvalue weighted by Crippen LogP contribution is 2.27. The Balaban J connectivity index is 2.43. The number of halogens is 3. The minimum absolute atomic E-state index is 0.00603. The van der Waals surface area contributed by atoms with E-state index < -0.39 is 15.8 Å². The number of hydrogen-bond donors (Lipinski definition) is 2. The Bertz CT molecular complexity index is 746. The van der Waals surface area contributed by atoms with Crippen LogP contribution in [0.4, 0.5) is 15.8 Å². The number of hydrogen-bond acceptors (Lipinski definition) is 3. The lowest BCUT2D eigenvalue weighted by molar-refractivity contribution is 0.601. The minimum Gasteiger partial charge on any atom is -0.399 e. The lowest BCUT2D eigenvalue weighted by atomic mass is 10.3. The van der Waals surface area contributed by atoms with Gasteiger partial charge < -0.3 is 5.73 Å². The van der Waals surface area contributed by atoms with Crippen LogP contribution in [0.25, 0.3) is 0 Å². The smallest absolute Gasteiger partial charge is 0.263 e. The third-order valence-corrected chi connectivity index (χ3v) is 4.44. The molecule has 2 rings (SSSR count). The van der Waals surface area contributed by atoms with Crippen LogP contribution in [0.3, 0.4) is 0 Å². The molecular weight excluding hydrogens is 326 g/mol. The van der Waals surface area contributed by atoms with Gasteiger partial charge in [0.1, 0.15) is 10.7 Å². The van der Waals surface area contributed by atoms with Gasteiger partial charge in [-0.3, -0.25) is 4.72 Å². The van der Waals surface area contributed by atoms with E-state index in [2.05, 4.69) is 4.72 Å². The van der Waals surface area contributed by atoms with Gasteiger partial charge in [-0.25, -0.2) is 12.8 Å².